The van der Waals surface area contributed by atoms with Crippen molar-refractivity contribution in [3.8, 4) is 22.4 Å². The van der Waals surface area contributed by atoms with Crippen molar-refractivity contribution < 1.29 is 4.39 Å². The van der Waals surface area contributed by atoms with Crippen LogP contribution >= 0.6 is 0 Å². The van der Waals surface area contributed by atoms with E-state index < -0.39 is 0 Å². The zero-order valence-electron chi connectivity index (χ0n) is 17.7. The second kappa shape index (κ2) is 8.35. The summed E-state index contributed by atoms with van der Waals surface area (Å²) in [5.74, 6) is 1.03. The Morgan fingerprint density at radius 2 is 1.87 bits per heavy atom. The molecule has 0 saturated carbocycles. The smallest absolute Gasteiger partial charge is 0.123 e. The predicted octanol–water partition coefficient (Wildman–Crippen LogP) is 6.25. The van der Waals surface area contributed by atoms with E-state index in [0.717, 1.165) is 11.3 Å². The van der Waals surface area contributed by atoms with Gasteiger partial charge in [0.05, 0.1) is 5.69 Å². The number of hydrogen-bond acceptors (Lipinski definition) is 2. The first-order chi connectivity index (χ1) is 14.8. The summed E-state index contributed by atoms with van der Waals surface area (Å²) in [6.07, 6.45) is 12.4. The molecule has 2 aliphatic rings. The van der Waals surface area contributed by atoms with Gasteiger partial charge in [0.2, 0.25) is 0 Å². The second-order valence-electron chi connectivity index (χ2n) is 8.87. The Bertz CT molecular complexity index is 979. The Hall–Kier alpha value is -2.46. The lowest BCUT2D eigenvalue weighted by Crippen LogP contribution is -2.36. The average Bonchev–Trinajstić information content (AvgIpc) is 3.36. The standard InChI is InChI=1S/C26H30FN3/c1-2-5-20-17-30-15-4-3-6-23(30)24(20)22-16-29-26(19-7-9-21(27)10-8-19)25(22)18-11-13-28-14-12-18/h7-14,16,20,23-24,29H,2-6,15,17H2,1H3/t20-,23+,24?/m1/s1. The summed E-state index contributed by atoms with van der Waals surface area (Å²) in [5.41, 5.74) is 5.99. The van der Waals surface area contributed by atoms with E-state index in [1.807, 2.05) is 24.5 Å². The number of aromatic nitrogens is 2. The minimum Gasteiger partial charge on any atom is -0.360 e. The Kier molecular flexibility index (Phi) is 5.43. The van der Waals surface area contributed by atoms with E-state index >= 15 is 0 Å². The highest BCUT2D eigenvalue weighted by atomic mass is 19.1. The van der Waals surface area contributed by atoms with Crippen LogP contribution < -0.4 is 0 Å². The number of rotatable bonds is 5. The SMILES string of the molecule is CCC[C@@H]1CN2CCCC[C@H]2C1c1c[nH]c(-c2ccc(F)cc2)c1-c1ccncc1. The van der Waals surface area contributed by atoms with Crippen molar-refractivity contribution in [1.82, 2.24) is 14.9 Å². The number of halogens is 1. The molecule has 2 aliphatic heterocycles. The van der Waals surface area contributed by atoms with Gasteiger partial charge in [0.15, 0.2) is 0 Å². The summed E-state index contributed by atoms with van der Waals surface area (Å²) in [6.45, 7) is 4.76. The van der Waals surface area contributed by atoms with Crippen molar-refractivity contribution >= 4 is 0 Å². The number of fused-ring (bicyclic) bond motifs is 1. The third kappa shape index (κ3) is 3.47. The molecular formula is C26H30FN3. The van der Waals surface area contributed by atoms with Crippen LogP contribution in [0.15, 0.2) is 55.0 Å². The molecule has 30 heavy (non-hydrogen) atoms. The van der Waals surface area contributed by atoms with Crippen molar-refractivity contribution in [2.45, 2.75) is 51.0 Å². The molecule has 0 bridgehead atoms. The first-order valence-electron chi connectivity index (χ1n) is 11.4. The van der Waals surface area contributed by atoms with Crippen molar-refractivity contribution in [3.05, 3.63) is 66.4 Å². The molecule has 2 fully saturated rings. The molecule has 4 heterocycles. The van der Waals surface area contributed by atoms with Gasteiger partial charge in [-0.2, -0.15) is 0 Å². The summed E-state index contributed by atoms with van der Waals surface area (Å²) in [4.78, 5) is 10.6. The summed E-state index contributed by atoms with van der Waals surface area (Å²) in [5, 5.41) is 0. The molecule has 2 aromatic heterocycles. The molecule has 3 nitrogen and oxygen atoms in total. The van der Waals surface area contributed by atoms with Crippen LogP contribution in [0.5, 0.6) is 0 Å². The Morgan fingerprint density at radius 3 is 2.63 bits per heavy atom. The van der Waals surface area contributed by atoms with Gasteiger partial charge in [0, 0.05) is 42.7 Å². The lowest BCUT2D eigenvalue weighted by Gasteiger charge is -2.33. The summed E-state index contributed by atoms with van der Waals surface area (Å²) >= 11 is 0. The molecule has 3 atom stereocenters. The first-order valence-corrected chi connectivity index (χ1v) is 11.4. The molecule has 3 aromatic rings. The second-order valence-corrected chi connectivity index (χ2v) is 8.87. The molecule has 5 rings (SSSR count). The third-order valence-corrected chi connectivity index (χ3v) is 7.09. The molecular weight excluding hydrogens is 373 g/mol. The van der Waals surface area contributed by atoms with Crippen LogP contribution in [0.3, 0.4) is 0 Å². The molecule has 0 aliphatic carbocycles. The number of aromatic amines is 1. The van der Waals surface area contributed by atoms with Crippen LogP contribution in [0, 0.1) is 11.7 Å². The highest BCUT2D eigenvalue weighted by Crippen LogP contribution is 2.49. The lowest BCUT2D eigenvalue weighted by molar-refractivity contribution is 0.188. The molecule has 4 heteroatoms. The fourth-order valence-corrected chi connectivity index (χ4v) is 5.86. The quantitative estimate of drug-likeness (QED) is 0.546. The monoisotopic (exact) mass is 403 g/mol. The third-order valence-electron chi connectivity index (χ3n) is 7.09. The van der Waals surface area contributed by atoms with Gasteiger partial charge in [-0.15, -0.1) is 0 Å². The highest BCUT2D eigenvalue weighted by molar-refractivity contribution is 5.84. The summed E-state index contributed by atoms with van der Waals surface area (Å²) in [6, 6.07) is 11.7. The number of benzene rings is 1. The van der Waals surface area contributed by atoms with E-state index in [1.165, 1.54) is 61.9 Å². The maximum atomic E-state index is 13.6. The van der Waals surface area contributed by atoms with Crippen LogP contribution in [-0.4, -0.2) is 34.0 Å². The highest BCUT2D eigenvalue weighted by Gasteiger charge is 2.44. The minimum atomic E-state index is -0.201. The first kappa shape index (κ1) is 19.5. The zero-order chi connectivity index (χ0) is 20.5. The number of H-pyrrole nitrogens is 1. The van der Waals surface area contributed by atoms with Crippen LogP contribution in [0.2, 0.25) is 0 Å². The Morgan fingerprint density at radius 1 is 1.07 bits per heavy atom. The molecule has 0 radical (unpaired) electrons. The number of hydrogen-bond donors (Lipinski definition) is 1. The van der Waals surface area contributed by atoms with E-state index in [0.29, 0.717) is 17.9 Å². The molecule has 1 N–H and O–H groups in total. The van der Waals surface area contributed by atoms with Gasteiger partial charge in [-0.05, 0) is 84.8 Å². The largest absolute Gasteiger partial charge is 0.360 e. The molecule has 2 saturated heterocycles. The van der Waals surface area contributed by atoms with Crippen LogP contribution in [-0.2, 0) is 0 Å². The fourth-order valence-electron chi connectivity index (χ4n) is 5.86. The van der Waals surface area contributed by atoms with Gasteiger partial charge in [-0.3, -0.25) is 9.88 Å². The number of nitrogens with zero attached hydrogens (tertiary/aromatic N) is 2. The van der Waals surface area contributed by atoms with Gasteiger partial charge in [-0.25, -0.2) is 4.39 Å². The summed E-state index contributed by atoms with van der Waals surface area (Å²) in [7, 11) is 0. The predicted molar refractivity (Wildman–Crippen MR) is 120 cm³/mol. The van der Waals surface area contributed by atoms with Gasteiger partial charge >= 0.3 is 0 Å². The molecule has 1 aromatic carbocycles. The van der Waals surface area contributed by atoms with Gasteiger partial charge in [0.25, 0.3) is 0 Å². The number of piperidine rings is 1. The minimum absolute atomic E-state index is 0.201. The van der Waals surface area contributed by atoms with Crippen LogP contribution in [0.1, 0.15) is 50.5 Å². The number of nitrogens with one attached hydrogen (secondary N) is 1. The molecule has 156 valence electrons. The van der Waals surface area contributed by atoms with E-state index in [9.17, 15) is 4.39 Å². The summed E-state index contributed by atoms with van der Waals surface area (Å²) < 4.78 is 13.6. The fraction of sp³-hybridized carbons (Fsp3) is 0.423. The maximum Gasteiger partial charge on any atom is 0.123 e. The Balaban J connectivity index is 1.65. The van der Waals surface area contributed by atoms with Crippen molar-refractivity contribution in [3.63, 3.8) is 0 Å². The van der Waals surface area contributed by atoms with Crippen molar-refractivity contribution in [2.75, 3.05) is 13.1 Å². The van der Waals surface area contributed by atoms with Crippen LogP contribution in [0.4, 0.5) is 4.39 Å². The Labute approximate surface area is 178 Å². The molecule has 0 amide bonds. The van der Waals surface area contributed by atoms with Gasteiger partial charge in [-0.1, -0.05) is 19.8 Å². The van der Waals surface area contributed by atoms with E-state index in [-0.39, 0.29) is 5.82 Å². The van der Waals surface area contributed by atoms with E-state index in [1.54, 1.807) is 12.1 Å². The lowest BCUT2D eigenvalue weighted by atomic mass is 9.78. The van der Waals surface area contributed by atoms with Gasteiger partial charge in [0.1, 0.15) is 5.82 Å². The van der Waals surface area contributed by atoms with Crippen molar-refractivity contribution in [1.29, 1.82) is 0 Å². The van der Waals surface area contributed by atoms with E-state index in [4.69, 9.17) is 0 Å². The number of pyridine rings is 1. The van der Waals surface area contributed by atoms with Gasteiger partial charge < -0.3 is 4.98 Å². The average molecular weight is 404 g/mol. The molecule has 0 spiro atoms. The van der Waals surface area contributed by atoms with E-state index in [2.05, 4.69) is 40.1 Å². The normalized spacial score (nSPS) is 24.1. The van der Waals surface area contributed by atoms with Crippen LogP contribution in [0.25, 0.3) is 22.4 Å². The molecule has 1 unspecified atom stereocenters. The maximum absolute atomic E-state index is 13.6. The topological polar surface area (TPSA) is 31.9 Å². The van der Waals surface area contributed by atoms with Crippen molar-refractivity contribution in [2.24, 2.45) is 5.92 Å². The zero-order valence-corrected chi connectivity index (χ0v) is 17.7.